The van der Waals surface area contributed by atoms with E-state index in [1.807, 2.05) is 5.92 Å². The Labute approximate surface area is 90.1 Å². The van der Waals surface area contributed by atoms with Gasteiger partial charge in [-0.05, 0) is 18.2 Å². The number of terminal acetylenes is 1. The Balaban J connectivity index is 3.53. The Bertz CT molecular complexity index is 555. The molecule has 1 aromatic rings. The van der Waals surface area contributed by atoms with Crippen LogP contribution in [-0.4, -0.2) is 8.42 Å². The molecule has 16 heavy (non-hydrogen) atoms. The van der Waals surface area contributed by atoms with Crippen LogP contribution in [-0.2, 0) is 16.2 Å². The fraction of sp³-hybridized carbons (Fsp3) is 0.111. The summed E-state index contributed by atoms with van der Waals surface area (Å²) < 4.78 is 58.9. The first kappa shape index (κ1) is 12.5. The third-order valence-corrected chi connectivity index (χ3v) is 2.62. The maximum Gasteiger partial charge on any atom is 0.416 e. The van der Waals surface area contributed by atoms with Gasteiger partial charge < -0.3 is 0 Å². The van der Waals surface area contributed by atoms with Gasteiger partial charge in [0.1, 0.15) is 0 Å². The van der Waals surface area contributed by atoms with Crippen molar-refractivity contribution in [1.82, 2.24) is 0 Å². The molecule has 0 amide bonds. The van der Waals surface area contributed by atoms with Gasteiger partial charge in [0.15, 0.2) is 0 Å². The van der Waals surface area contributed by atoms with Crippen LogP contribution in [0, 0.1) is 12.3 Å². The van der Waals surface area contributed by atoms with E-state index in [9.17, 15) is 21.6 Å². The van der Waals surface area contributed by atoms with Crippen LogP contribution in [0.25, 0.3) is 0 Å². The molecular formula is C9H6F3NO2S. The van der Waals surface area contributed by atoms with Gasteiger partial charge in [0, 0.05) is 5.56 Å². The first-order valence-electron chi connectivity index (χ1n) is 3.86. The number of halogens is 3. The zero-order valence-electron chi connectivity index (χ0n) is 7.75. The van der Waals surface area contributed by atoms with E-state index in [1.165, 1.54) is 0 Å². The maximum atomic E-state index is 12.4. The third kappa shape index (κ3) is 2.74. The Morgan fingerprint density at radius 3 is 2.19 bits per heavy atom. The number of hydrogen-bond acceptors (Lipinski definition) is 2. The fourth-order valence-corrected chi connectivity index (χ4v) is 1.59. The molecule has 0 spiro atoms. The highest BCUT2D eigenvalue weighted by molar-refractivity contribution is 7.89. The van der Waals surface area contributed by atoms with E-state index < -0.39 is 26.7 Å². The molecule has 0 aliphatic carbocycles. The van der Waals surface area contributed by atoms with Crippen molar-refractivity contribution in [3.05, 3.63) is 29.3 Å². The van der Waals surface area contributed by atoms with Gasteiger partial charge in [-0.25, -0.2) is 13.6 Å². The predicted molar refractivity (Wildman–Crippen MR) is 50.8 cm³/mol. The van der Waals surface area contributed by atoms with E-state index in [-0.39, 0.29) is 5.56 Å². The molecule has 7 heteroatoms. The highest BCUT2D eigenvalue weighted by Crippen LogP contribution is 2.31. The van der Waals surface area contributed by atoms with Gasteiger partial charge in [-0.2, -0.15) is 13.2 Å². The van der Waals surface area contributed by atoms with Gasteiger partial charge in [-0.15, -0.1) is 6.42 Å². The van der Waals surface area contributed by atoms with E-state index in [2.05, 4.69) is 0 Å². The van der Waals surface area contributed by atoms with Crippen molar-refractivity contribution < 1.29 is 21.6 Å². The minimum absolute atomic E-state index is 0.196. The summed E-state index contributed by atoms with van der Waals surface area (Å²) in [6, 6.07) is 2.02. The van der Waals surface area contributed by atoms with Crippen molar-refractivity contribution >= 4 is 10.0 Å². The molecule has 0 fully saturated rings. The molecule has 1 aromatic carbocycles. The largest absolute Gasteiger partial charge is 0.416 e. The van der Waals surface area contributed by atoms with Crippen molar-refractivity contribution in [2.24, 2.45) is 5.14 Å². The summed E-state index contributed by atoms with van der Waals surface area (Å²) in [6.45, 7) is 0. The lowest BCUT2D eigenvalue weighted by Gasteiger charge is -2.08. The minimum atomic E-state index is -4.67. The molecule has 86 valence electrons. The van der Waals surface area contributed by atoms with Gasteiger partial charge in [-0.3, -0.25) is 0 Å². The maximum absolute atomic E-state index is 12.4. The van der Waals surface area contributed by atoms with Crippen molar-refractivity contribution in [2.45, 2.75) is 11.1 Å². The number of primary sulfonamides is 1. The summed E-state index contributed by atoms with van der Waals surface area (Å²) in [5.41, 5.74) is -1.34. The van der Waals surface area contributed by atoms with Crippen molar-refractivity contribution in [1.29, 1.82) is 0 Å². The minimum Gasteiger partial charge on any atom is -0.225 e. The number of rotatable bonds is 1. The second kappa shape index (κ2) is 3.81. The Morgan fingerprint density at radius 2 is 1.81 bits per heavy atom. The Kier molecular flexibility index (Phi) is 2.99. The summed E-state index contributed by atoms with van der Waals surface area (Å²) in [6.07, 6.45) is 0.247. The molecule has 0 unspecified atom stereocenters. The van der Waals surface area contributed by atoms with Crippen LogP contribution in [0.1, 0.15) is 11.1 Å². The van der Waals surface area contributed by atoms with Crippen LogP contribution in [0.15, 0.2) is 23.1 Å². The van der Waals surface area contributed by atoms with E-state index in [4.69, 9.17) is 11.6 Å². The lowest BCUT2D eigenvalue weighted by atomic mass is 10.1. The zero-order chi connectivity index (χ0) is 12.6. The van der Waals surface area contributed by atoms with E-state index in [0.717, 1.165) is 6.07 Å². The van der Waals surface area contributed by atoms with Crippen molar-refractivity contribution in [3.8, 4) is 12.3 Å². The van der Waals surface area contributed by atoms with Gasteiger partial charge in [0.2, 0.25) is 10.0 Å². The summed E-state index contributed by atoms with van der Waals surface area (Å²) in [5, 5.41) is 4.73. The zero-order valence-corrected chi connectivity index (χ0v) is 8.56. The number of hydrogen-bond donors (Lipinski definition) is 1. The fourth-order valence-electron chi connectivity index (χ4n) is 1.01. The van der Waals surface area contributed by atoms with Crippen molar-refractivity contribution in [2.75, 3.05) is 0 Å². The normalized spacial score (nSPS) is 12.2. The smallest absolute Gasteiger partial charge is 0.225 e. The molecule has 0 heterocycles. The molecule has 0 aliphatic heterocycles. The summed E-state index contributed by atoms with van der Waals surface area (Å²) >= 11 is 0. The van der Waals surface area contributed by atoms with Gasteiger partial charge in [0.25, 0.3) is 0 Å². The lowest BCUT2D eigenvalue weighted by Crippen LogP contribution is -2.14. The quantitative estimate of drug-likeness (QED) is 0.763. The molecule has 0 radical (unpaired) electrons. The molecule has 0 bridgehead atoms. The van der Waals surface area contributed by atoms with Crippen molar-refractivity contribution in [3.63, 3.8) is 0 Å². The van der Waals surface area contributed by atoms with Gasteiger partial charge in [-0.1, -0.05) is 5.92 Å². The van der Waals surface area contributed by atoms with Gasteiger partial charge in [0.05, 0.1) is 10.5 Å². The van der Waals surface area contributed by atoms with Crippen LogP contribution in [0.5, 0.6) is 0 Å². The highest BCUT2D eigenvalue weighted by atomic mass is 32.2. The standard InChI is InChI=1S/C9H6F3NO2S/c1-2-6-3-7(9(10,11)12)5-8(4-6)16(13,14)15/h1,3-5H,(H2,13,14,15). The summed E-state index contributed by atoms with van der Waals surface area (Å²) in [4.78, 5) is -0.657. The predicted octanol–water partition coefficient (Wildman–Crippen LogP) is 1.33. The molecular weight excluding hydrogens is 243 g/mol. The highest BCUT2D eigenvalue weighted by Gasteiger charge is 2.32. The third-order valence-electron chi connectivity index (χ3n) is 1.73. The van der Waals surface area contributed by atoms with Crippen LogP contribution in [0.3, 0.4) is 0 Å². The summed E-state index contributed by atoms with van der Waals surface area (Å²) in [7, 11) is -4.21. The number of benzene rings is 1. The first-order valence-corrected chi connectivity index (χ1v) is 5.41. The van der Waals surface area contributed by atoms with Gasteiger partial charge >= 0.3 is 6.18 Å². The van der Waals surface area contributed by atoms with E-state index >= 15 is 0 Å². The average Bonchev–Trinajstić information content (AvgIpc) is 2.14. The van der Waals surface area contributed by atoms with E-state index in [0.29, 0.717) is 12.1 Å². The number of sulfonamides is 1. The summed E-state index contributed by atoms with van der Waals surface area (Å²) in [5.74, 6) is 1.93. The molecule has 0 aromatic heterocycles. The van der Waals surface area contributed by atoms with E-state index in [1.54, 1.807) is 0 Å². The number of nitrogens with two attached hydrogens (primary N) is 1. The molecule has 0 atom stereocenters. The SMILES string of the molecule is C#Cc1cc(C(F)(F)F)cc(S(N)(=O)=O)c1. The second-order valence-corrected chi connectivity index (χ2v) is 4.49. The number of alkyl halides is 3. The lowest BCUT2D eigenvalue weighted by molar-refractivity contribution is -0.137. The average molecular weight is 249 g/mol. The monoisotopic (exact) mass is 249 g/mol. The molecule has 0 saturated carbocycles. The topological polar surface area (TPSA) is 60.2 Å². The second-order valence-electron chi connectivity index (χ2n) is 2.93. The van der Waals surface area contributed by atoms with Crippen LogP contribution < -0.4 is 5.14 Å². The first-order chi connectivity index (χ1) is 7.14. The van der Waals surface area contributed by atoms with Crippen LogP contribution in [0.2, 0.25) is 0 Å². The Morgan fingerprint density at radius 1 is 1.25 bits per heavy atom. The molecule has 0 aliphatic rings. The molecule has 3 nitrogen and oxygen atoms in total. The molecule has 2 N–H and O–H groups in total. The molecule has 0 saturated heterocycles. The Hall–Kier alpha value is -1.52. The van der Waals surface area contributed by atoms with Crippen LogP contribution >= 0.6 is 0 Å². The van der Waals surface area contributed by atoms with Crippen LogP contribution in [0.4, 0.5) is 13.2 Å². The molecule has 1 rings (SSSR count).